The van der Waals surface area contributed by atoms with Crippen molar-refractivity contribution in [2.75, 3.05) is 0 Å². The molecule has 0 spiro atoms. The molecule has 0 aliphatic heterocycles. The Labute approximate surface area is 238 Å². The molecule has 3 atom stereocenters. The first kappa shape index (κ1) is 32.2. The van der Waals surface area contributed by atoms with Gasteiger partial charge in [-0.25, -0.2) is 4.79 Å². The number of nitrogens with one attached hydrogen (secondary N) is 2. The number of nitrogens with zero attached hydrogens (tertiary/aromatic N) is 1. The minimum Gasteiger partial charge on any atom is -0.508 e. The Morgan fingerprint density at radius 3 is 2.15 bits per heavy atom. The van der Waals surface area contributed by atoms with Crippen LogP contribution in [0.1, 0.15) is 84.5 Å². The summed E-state index contributed by atoms with van der Waals surface area (Å²) in [5.74, 6) is 1.88. The summed E-state index contributed by atoms with van der Waals surface area (Å²) >= 11 is 0. The molecule has 216 valence electrons. The Bertz CT molecular complexity index is 1220. The number of benzene rings is 2. The second-order valence-electron chi connectivity index (χ2n) is 11.9. The number of carbonyl (C=O) groups is 3. The van der Waals surface area contributed by atoms with E-state index in [1.54, 1.807) is 57.2 Å². The summed E-state index contributed by atoms with van der Waals surface area (Å²) in [7, 11) is 0. The minimum atomic E-state index is -1.07. The van der Waals surface area contributed by atoms with Gasteiger partial charge in [0.05, 0.1) is 0 Å². The number of phenols is 1. The van der Waals surface area contributed by atoms with Gasteiger partial charge in [-0.3, -0.25) is 9.59 Å². The summed E-state index contributed by atoms with van der Waals surface area (Å²) in [6, 6.07) is 10.9. The fourth-order valence-electron chi connectivity index (χ4n) is 4.22. The SMILES string of the molecule is C#Cc1ccccc1C(C(=O)NC(C)(C)C)N(C(=O)C(Cc1ccc(O)cc1)NC(=O)OC(C)(C)C)C(C)CC. The first-order valence-electron chi connectivity index (χ1n) is 13.5. The molecule has 3 unspecified atom stereocenters. The van der Waals surface area contributed by atoms with Crippen LogP contribution in [-0.4, -0.2) is 51.1 Å². The van der Waals surface area contributed by atoms with Crippen LogP contribution in [0.2, 0.25) is 0 Å². The van der Waals surface area contributed by atoms with Crippen LogP contribution in [-0.2, 0) is 20.7 Å². The van der Waals surface area contributed by atoms with Crippen molar-refractivity contribution in [2.45, 2.75) is 97.5 Å². The van der Waals surface area contributed by atoms with Crippen molar-refractivity contribution in [3.05, 3.63) is 65.2 Å². The zero-order valence-electron chi connectivity index (χ0n) is 24.9. The standard InChI is InChI=1S/C32H43N3O5/c1-10-21(3)35(27(28(37)34-31(4,5)6)25-15-13-12-14-23(25)11-2)29(38)26(33-30(39)40-32(7,8)9)20-22-16-18-24(36)19-17-22/h2,12-19,21,26-27,36H,10,20H2,1,3-9H3,(H,33,39)(H,34,37). The first-order valence-corrected chi connectivity index (χ1v) is 13.5. The van der Waals surface area contributed by atoms with Gasteiger partial charge in [-0.2, -0.15) is 0 Å². The van der Waals surface area contributed by atoms with Gasteiger partial charge >= 0.3 is 6.09 Å². The predicted molar refractivity (Wildman–Crippen MR) is 157 cm³/mol. The van der Waals surface area contributed by atoms with E-state index in [4.69, 9.17) is 11.2 Å². The van der Waals surface area contributed by atoms with E-state index in [0.717, 1.165) is 0 Å². The van der Waals surface area contributed by atoms with Gasteiger partial charge in [-0.15, -0.1) is 6.42 Å². The number of carbonyl (C=O) groups excluding carboxylic acids is 3. The number of hydrogen-bond acceptors (Lipinski definition) is 5. The van der Waals surface area contributed by atoms with Crippen molar-refractivity contribution in [1.82, 2.24) is 15.5 Å². The summed E-state index contributed by atoms with van der Waals surface area (Å²) in [6.07, 6.45) is 5.71. The number of rotatable bonds is 9. The van der Waals surface area contributed by atoms with Gasteiger partial charge in [-0.05, 0) is 84.2 Å². The van der Waals surface area contributed by atoms with E-state index in [9.17, 15) is 19.5 Å². The summed E-state index contributed by atoms with van der Waals surface area (Å²) in [4.78, 5) is 42.8. The first-order chi connectivity index (χ1) is 18.6. The number of terminal acetylenes is 1. The molecule has 0 aromatic heterocycles. The lowest BCUT2D eigenvalue weighted by atomic mass is 9.94. The Morgan fingerprint density at radius 2 is 1.62 bits per heavy atom. The van der Waals surface area contributed by atoms with Gasteiger partial charge in [0.1, 0.15) is 23.4 Å². The molecule has 3 amide bonds. The second kappa shape index (κ2) is 13.4. The van der Waals surface area contributed by atoms with E-state index in [-0.39, 0.29) is 18.1 Å². The van der Waals surface area contributed by atoms with Gasteiger partial charge in [0, 0.05) is 23.6 Å². The van der Waals surface area contributed by atoms with E-state index >= 15 is 0 Å². The maximum Gasteiger partial charge on any atom is 0.408 e. The predicted octanol–water partition coefficient (Wildman–Crippen LogP) is 5.09. The molecule has 0 bridgehead atoms. The highest BCUT2D eigenvalue weighted by Gasteiger charge is 2.40. The molecule has 2 aromatic rings. The van der Waals surface area contributed by atoms with Gasteiger partial charge in [-0.1, -0.05) is 43.2 Å². The lowest BCUT2D eigenvalue weighted by molar-refractivity contribution is -0.145. The molecule has 8 heteroatoms. The molecule has 40 heavy (non-hydrogen) atoms. The van der Waals surface area contributed by atoms with Crippen LogP contribution in [0.25, 0.3) is 0 Å². The molecule has 0 saturated heterocycles. The molecule has 0 heterocycles. The summed E-state index contributed by atoms with van der Waals surface area (Å²) in [5.41, 5.74) is 0.350. The molecule has 2 rings (SSSR count). The maximum atomic E-state index is 14.5. The van der Waals surface area contributed by atoms with Crippen LogP contribution in [0, 0.1) is 12.3 Å². The van der Waals surface area contributed by atoms with Crippen molar-refractivity contribution in [1.29, 1.82) is 0 Å². The van der Waals surface area contributed by atoms with Crippen LogP contribution in [0.3, 0.4) is 0 Å². The van der Waals surface area contributed by atoms with Crippen LogP contribution in [0.5, 0.6) is 5.75 Å². The Morgan fingerprint density at radius 1 is 1.02 bits per heavy atom. The van der Waals surface area contributed by atoms with Crippen LogP contribution < -0.4 is 10.6 Å². The molecule has 8 nitrogen and oxygen atoms in total. The van der Waals surface area contributed by atoms with Gasteiger partial charge in [0.15, 0.2) is 0 Å². The molecular weight excluding hydrogens is 506 g/mol. The molecule has 0 aliphatic carbocycles. The van der Waals surface area contributed by atoms with Crippen molar-refractivity contribution in [3.63, 3.8) is 0 Å². The van der Waals surface area contributed by atoms with E-state index in [1.807, 2.05) is 34.6 Å². The molecule has 0 saturated carbocycles. The topological polar surface area (TPSA) is 108 Å². The zero-order chi connectivity index (χ0) is 30.3. The van der Waals surface area contributed by atoms with Crippen molar-refractivity contribution in [2.24, 2.45) is 0 Å². The van der Waals surface area contributed by atoms with E-state index < -0.39 is 41.3 Å². The summed E-state index contributed by atoms with van der Waals surface area (Å²) < 4.78 is 5.47. The zero-order valence-corrected chi connectivity index (χ0v) is 24.9. The number of phenolic OH excluding ortho intramolecular Hbond substituents is 1. The lowest BCUT2D eigenvalue weighted by Crippen LogP contribution is -2.57. The quantitative estimate of drug-likeness (QED) is 0.378. The highest BCUT2D eigenvalue weighted by atomic mass is 16.6. The maximum absolute atomic E-state index is 14.5. The van der Waals surface area contributed by atoms with E-state index in [1.165, 1.54) is 17.0 Å². The minimum absolute atomic E-state index is 0.0813. The number of hydrogen-bond donors (Lipinski definition) is 3. The molecule has 0 fully saturated rings. The lowest BCUT2D eigenvalue weighted by Gasteiger charge is -2.39. The highest BCUT2D eigenvalue weighted by Crippen LogP contribution is 2.29. The van der Waals surface area contributed by atoms with Crippen LogP contribution in [0.15, 0.2) is 48.5 Å². The van der Waals surface area contributed by atoms with Crippen LogP contribution in [0.4, 0.5) is 4.79 Å². The van der Waals surface area contributed by atoms with Crippen molar-refractivity contribution < 1.29 is 24.2 Å². The third-order valence-corrected chi connectivity index (χ3v) is 6.12. The smallest absolute Gasteiger partial charge is 0.408 e. The number of aromatic hydroxyl groups is 1. The van der Waals surface area contributed by atoms with Crippen molar-refractivity contribution in [3.8, 4) is 18.1 Å². The number of ether oxygens (including phenoxy) is 1. The van der Waals surface area contributed by atoms with E-state index in [2.05, 4.69) is 16.6 Å². The van der Waals surface area contributed by atoms with Crippen LogP contribution >= 0.6 is 0 Å². The Balaban J connectivity index is 2.67. The molecule has 0 aliphatic rings. The molecule has 3 N–H and O–H groups in total. The summed E-state index contributed by atoms with van der Waals surface area (Å²) in [5, 5.41) is 15.5. The Kier molecular flexibility index (Phi) is 10.8. The summed E-state index contributed by atoms with van der Waals surface area (Å²) in [6.45, 7) is 14.6. The third-order valence-electron chi connectivity index (χ3n) is 6.12. The monoisotopic (exact) mass is 549 g/mol. The van der Waals surface area contributed by atoms with Gasteiger partial charge in [0.2, 0.25) is 11.8 Å². The van der Waals surface area contributed by atoms with E-state index in [0.29, 0.717) is 23.1 Å². The third kappa shape index (κ3) is 9.33. The highest BCUT2D eigenvalue weighted by molar-refractivity contribution is 5.93. The molecular formula is C32H43N3O5. The van der Waals surface area contributed by atoms with Gasteiger partial charge < -0.3 is 25.4 Å². The average Bonchev–Trinajstić information content (AvgIpc) is 2.85. The fraction of sp³-hybridized carbons (Fsp3) is 0.469. The normalized spacial score (nSPS) is 13.8. The Hall–Kier alpha value is -3.99. The number of amides is 3. The van der Waals surface area contributed by atoms with Crippen molar-refractivity contribution >= 4 is 17.9 Å². The molecule has 0 radical (unpaired) electrons. The fourth-order valence-corrected chi connectivity index (χ4v) is 4.22. The van der Waals surface area contributed by atoms with Gasteiger partial charge in [0.25, 0.3) is 0 Å². The number of alkyl carbamates (subject to hydrolysis) is 1. The second-order valence-corrected chi connectivity index (χ2v) is 11.9. The average molecular weight is 550 g/mol. The largest absolute Gasteiger partial charge is 0.508 e. The molecule has 2 aromatic carbocycles.